The van der Waals surface area contributed by atoms with Gasteiger partial charge in [0, 0.05) is 12.1 Å². The summed E-state index contributed by atoms with van der Waals surface area (Å²) in [6, 6.07) is 8.19. The zero-order valence-corrected chi connectivity index (χ0v) is 11.3. The predicted octanol–water partition coefficient (Wildman–Crippen LogP) is 2.40. The van der Waals surface area contributed by atoms with Gasteiger partial charge in [-0.15, -0.1) is 0 Å². The molecule has 0 saturated carbocycles. The predicted molar refractivity (Wildman–Crippen MR) is 69.7 cm³/mol. The third-order valence-electron chi connectivity index (χ3n) is 3.81. The van der Waals surface area contributed by atoms with Gasteiger partial charge in [-0.2, -0.15) is 23.4 Å². The highest BCUT2D eigenvalue weighted by atomic mass is 19.4. The van der Waals surface area contributed by atoms with Gasteiger partial charge in [-0.1, -0.05) is 5.16 Å². The van der Waals surface area contributed by atoms with Crippen LogP contribution < -0.4 is 5.32 Å². The number of hydrogen-bond donors (Lipinski definition) is 1. The van der Waals surface area contributed by atoms with Crippen LogP contribution in [0.1, 0.15) is 17.9 Å². The molecule has 1 aliphatic heterocycles. The lowest BCUT2D eigenvalue weighted by atomic mass is 9.86. The highest BCUT2D eigenvalue weighted by Crippen LogP contribution is 2.45. The van der Waals surface area contributed by atoms with E-state index in [2.05, 4.69) is 15.5 Å². The Balaban J connectivity index is 1.97. The van der Waals surface area contributed by atoms with Crippen LogP contribution in [-0.2, 0) is 5.41 Å². The molecule has 0 radical (unpaired) electrons. The van der Waals surface area contributed by atoms with Crippen LogP contribution in [0.4, 0.5) is 13.2 Å². The summed E-state index contributed by atoms with van der Waals surface area (Å²) in [5, 5.41) is 15.1. The largest absolute Gasteiger partial charge is 0.404 e. The van der Waals surface area contributed by atoms with E-state index in [1.54, 1.807) is 24.3 Å². The smallest absolute Gasteiger partial charge is 0.338 e. The molecule has 1 fully saturated rings. The summed E-state index contributed by atoms with van der Waals surface area (Å²) in [5.41, 5.74) is -1.19. The van der Waals surface area contributed by atoms with Gasteiger partial charge in [0.1, 0.15) is 0 Å². The fourth-order valence-electron chi connectivity index (χ4n) is 2.47. The van der Waals surface area contributed by atoms with Gasteiger partial charge >= 0.3 is 6.18 Å². The number of nitriles is 1. The van der Waals surface area contributed by atoms with Crippen LogP contribution in [-0.4, -0.2) is 29.4 Å². The third-order valence-corrected chi connectivity index (χ3v) is 3.81. The number of rotatable bonds is 2. The van der Waals surface area contributed by atoms with E-state index in [4.69, 9.17) is 9.78 Å². The summed E-state index contributed by atoms with van der Waals surface area (Å²) in [5.74, 6) is -0.348. The molecule has 8 heteroatoms. The van der Waals surface area contributed by atoms with E-state index in [-0.39, 0.29) is 25.3 Å². The molecule has 2 heterocycles. The topological polar surface area (TPSA) is 74.7 Å². The van der Waals surface area contributed by atoms with Crippen LogP contribution in [0.3, 0.4) is 0 Å². The maximum absolute atomic E-state index is 13.4. The van der Waals surface area contributed by atoms with Crippen molar-refractivity contribution in [2.24, 2.45) is 0 Å². The molecule has 1 unspecified atom stereocenters. The summed E-state index contributed by atoms with van der Waals surface area (Å²) in [6.07, 6.45) is -4.60. The fraction of sp³-hybridized carbons (Fsp3) is 0.357. The standard InChI is InChI=1S/C14H11F3N4O/c15-14(16,17)13(5-6-19-8-13)12-20-11(21-22-12)10-3-1-9(7-18)2-4-10/h1-4,19H,5-6,8H2. The summed E-state index contributed by atoms with van der Waals surface area (Å²) < 4.78 is 45.1. The molecule has 5 nitrogen and oxygen atoms in total. The molecule has 2 aromatic rings. The van der Waals surface area contributed by atoms with Gasteiger partial charge in [-0.3, -0.25) is 0 Å². The van der Waals surface area contributed by atoms with Crippen LogP contribution >= 0.6 is 0 Å². The number of nitrogens with one attached hydrogen (secondary N) is 1. The maximum atomic E-state index is 13.4. The van der Waals surface area contributed by atoms with Gasteiger partial charge in [-0.25, -0.2) is 0 Å². The second-order valence-electron chi connectivity index (χ2n) is 5.12. The average Bonchev–Trinajstić information content (AvgIpc) is 3.16. The Kier molecular flexibility index (Phi) is 3.37. The van der Waals surface area contributed by atoms with Gasteiger partial charge in [0.15, 0.2) is 5.41 Å². The average molecular weight is 308 g/mol. The van der Waals surface area contributed by atoms with Crippen molar-refractivity contribution in [3.63, 3.8) is 0 Å². The Bertz CT molecular complexity index is 709. The van der Waals surface area contributed by atoms with Crippen molar-refractivity contribution in [3.8, 4) is 17.5 Å². The van der Waals surface area contributed by atoms with Crippen LogP contribution in [0, 0.1) is 11.3 Å². The molecule has 0 amide bonds. The molecule has 0 aliphatic carbocycles. The lowest BCUT2D eigenvalue weighted by Crippen LogP contribution is -2.44. The van der Waals surface area contributed by atoms with E-state index < -0.39 is 17.5 Å². The zero-order valence-electron chi connectivity index (χ0n) is 11.3. The van der Waals surface area contributed by atoms with E-state index in [9.17, 15) is 13.2 Å². The molecule has 1 aromatic carbocycles. The SMILES string of the molecule is N#Cc1ccc(-c2noc(C3(C(F)(F)F)CCNC3)n2)cc1. The first-order valence-corrected chi connectivity index (χ1v) is 6.58. The summed E-state index contributed by atoms with van der Waals surface area (Å²) in [4.78, 5) is 3.94. The zero-order chi connectivity index (χ0) is 15.8. The minimum atomic E-state index is -4.47. The number of aromatic nitrogens is 2. The fourth-order valence-corrected chi connectivity index (χ4v) is 2.47. The van der Waals surface area contributed by atoms with E-state index in [1.807, 2.05) is 6.07 Å². The Labute approximate surface area is 123 Å². The minimum absolute atomic E-state index is 0.0787. The van der Waals surface area contributed by atoms with Gasteiger partial charge in [0.25, 0.3) is 0 Å². The quantitative estimate of drug-likeness (QED) is 0.922. The highest BCUT2D eigenvalue weighted by molar-refractivity contribution is 5.56. The molecule has 1 aliphatic rings. The van der Waals surface area contributed by atoms with E-state index in [1.165, 1.54) is 0 Å². The molecular weight excluding hydrogens is 297 g/mol. The normalized spacial score (nSPS) is 21.7. The molecule has 0 spiro atoms. The minimum Gasteiger partial charge on any atom is -0.338 e. The summed E-state index contributed by atoms with van der Waals surface area (Å²) in [6.45, 7) is -0.0282. The van der Waals surface area contributed by atoms with E-state index >= 15 is 0 Å². The van der Waals surface area contributed by atoms with Crippen molar-refractivity contribution in [1.29, 1.82) is 5.26 Å². The van der Waals surface area contributed by atoms with Crippen molar-refractivity contribution in [2.75, 3.05) is 13.1 Å². The van der Waals surface area contributed by atoms with Crippen molar-refractivity contribution in [3.05, 3.63) is 35.7 Å². The first-order chi connectivity index (χ1) is 10.5. The number of hydrogen-bond acceptors (Lipinski definition) is 5. The van der Waals surface area contributed by atoms with Gasteiger partial charge in [0.2, 0.25) is 11.7 Å². The molecule has 1 atom stereocenters. The molecule has 3 rings (SSSR count). The lowest BCUT2D eigenvalue weighted by molar-refractivity contribution is -0.191. The second-order valence-corrected chi connectivity index (χ2v) is 5.12. The molecule has 22 heavy (non-hydrogen) atoms. The third kappa shape index (κ3) is 2.23. The number of halogens is 3. The Morgan fingerprint density at radius 1 is 1.27 bits per heavy atom. The Morgan fingerprint density at radius 2 is 2.00 bits per heavy atom. The highest BCUT2D eigenvalue weighted by Gasteiger charge is 2.61. The Hall–Kier alpha value is -2.40. The molecule has 1 N–H and O–H groups in total. The lowest BCUT2D eigenvalue weighted by Gasteiger charge is -2.26. The van der Waals surface area contributed by atoms with E-state index in [0.717, 1.165) is 0 Å². The maximum Gasteiger partial charge on any atom is 0.404 e. The van der Waals surface area contributed by atoms with Crippen molar-refractivity contribution < 1.29 is 17.7 Å². The van der Waals surface area contributed by atoms with Crippen LogP contribution in [0.15, 0.2) is 28.8 Å². The summed E-state index contributed by atoms with van der Waals surface area (Å²) >= 11 is 0. The molecule has 1 aromatic heterocycles. The molecule has 114 valence electrons. The number of nitrogens with zero attached hydrogens (tertiary/aromatic N) is 3. The van der Waals surface area contributed by atoms with E-state index in [0.29, 0.717) is 11.1 Å². The van der Waals surface area contributed by atoms with Gasteiger partial charge in [0.05, 0.1) is 11.6 Å². The van der Waals surface area contributed by atoms with Crippen LogP contribution in [0.5, 0.6) is 0 Å². The van der Waals surface area contributed by atoms with Gasteiger partial charge in [-0.05, 0) is 37.2 Å². The number of benzene rings is 1. The first kappa shape index (κ1) is 14.5. The molecular formula is C14H11F3N4O. The van der Waals surface area contributed by atoms with Crippen LogP contribution in [0.2, 0.25) is 0 Å². The summed E-state index contributed by atoms with van der Waals surface area (Å²) in [7, 11) is 0. The molecule has 1 saturated heterocycles. The molecule has 0 bridgehead atoms. The van der Waals surface area contributed by atoms with Crippen LogP contribution in [0.25, 0.3) is 11.4 Å². The van der Waals surface area contributed by atoms with Gasteiger partial charge < -0.3 is 9.84 Å². The first-order valence-electron chi connectivity index (χ1n) is 6.58. The number of alkyl halides is 3. The van der Waals surface area contributed by atoms with Crippen molar-refractivity contribution >= 4 is 0 Å². The second kappa shape index (κ2) is 5.10. The van der Waals surface area contributed by atoms with Crippen molar-refractivity contribution in [2.45, 2.75) is 18.0 Å². The van der Waals surface area contributed by atoms with Crippen molar-refractivity contribution in [1.82, 2.24) is 15.5 Å². The monoisotopic (exact) mass is 308 g/mol. The Morgan fingerprint density at radius 3 is 2.55 bits per heavy atom.